The lowest BCUT2D eigenvalue weighted by Gasteiger charge is -2.32. The van der Waals surface area contributed by atoms with Crippen LogP contribution in [0.3, 0.4) is 0 Å². The Morgan fingerprint density at radius 2 is 2.00 bits per heavy atom. The lowest BCUT2D eigenvalue weighted by atomic mass is 10.1. The van der Waals surface area contributed by atoms with Gasteiger partial charge in [0, 0.05) is 6.54 Å². The van der Waals surface area contributed by atoms with Gasteiger partial charge < -0.3 is 9.64 Å². The number of carbonyl (C=O) groups excluding carboxylic acids is 1. The van der Waals surface area contributed by atoms with E-state index in [0.717, 1.165) is 5.56 Å². The van der Waals surface area contributed by atoms with Crippen molar-refractivity contribution in [2.45, 2.75) is 6.10 Å². The summed E-state index contributed by atoms with van der Waals surface area (Å²) in [5, 5.41) is 7.82. The van der Waals surface area contributed by atoms with E-state index in [1.165, 1.54) is 0 Å². The molecule has 6 heteroatoms. The van der Waals surface area contributed by atoms with Crippen LogP contribution in [0.1, 0.15) is 22.2 Å². The van der Waals surface area contributed by atoms with Crippen LogP contribution in [-0.4, -0.2) is 40.7 Å². The first-order chi connectivity index (χ1) is 10.2. The monoisotopic (exact) mass is 303 g/mol. The van der Waals surface area contributed by atoms with Crippen LogP contribution in [-0.2, 0) is 4.74 Å². The SMILES string of the molecule is O=C(c1ccc(Cl)nn1)N1CCOC(c2ccccc2)C1. The molecule has 1 fully saturated rings. The molecular weight excluding hydrogens is 290 g/mol. The third-order valence-electron chi connectivity index (χ3n) is 3.38. The van der Waals surface area contributed by atoms with Gasteiger partial charge in [-0.1, -0.05) is 41.9 Å². The van der Waals surface area contributed by atoms with Crippen LogP contribution >= 0.6 is 11.6 Å². The average molecular weight is 304 g/mol. The summed E-state index contributed by atoms with van der Waals surface area (Å²) < 4.78 is 5.75. The van der Waals surface area contributed by atoms with E-state index in [2.05, 4.69) is 10.2 Å². The molecule has 0 aliphatic carbocycles. The maximum Gasteiger partial charge on any atom is 0.274 e. The normalized spacial score (nSPS) is 18.5. The highest BCUT2D eigenvalue weighted by atomic mass is 35.5. The zero-order chi connectivity index (χ0) is 14.7. The molecule has 1 aromatic carbocycles. The van der Waals surface area contributed by atoms with Gasteiger partial charge in [0.05, 0.1) is 13.2 Å². The van der Waals surface area contributed by atoms with Crippen molar-refractivity contribution < 1.29 is 9.53 Å². The summed E-state index contributed by atoms with van der Waals surface area (Å²) in [7, 11) is 0. The number of carbonyl (C=O) groups is 1. The zero-order valence-corrected chi connectivity index (χ0v) is 12.0. The minimum atomic E-state index is -0.150. The summed E-state index contributed by atoms with van der Waals surface area (Å²) in [6.07, 6.45) is -0.107. The molecule has 1 aliphatic heterocycles. The van der Waals surface area contributed by atoms with Crippen LogP contribution in [0.15, 0.2) is 42.5 Å². The molecule has 0 saturated carbocycles. The van der Waals surface area contributed by atoms with E-state index in [9.17, 15) is 4.79 Å². The quantitative estimate of drug-likeness (QED) is 0.854. The standard InChI is InChI=1S/C15H14ClN3O2/c16-14-7-6-12(17-18-14)15(20)19-8-9-21-13(10-19)11-4-2-1-3-5-11/h1-7,13H,8-10H2. The highest BCUT2D eigenvalue weighted by Crippen LogP contribution is 2.22. The van der Waals surface area contributed by atoms with Crippen molar-refractivity contribution in [2.75, 3.05) is 19.7 Å². The van der Waals surface area contributed by atoms with Gasteiger partial charge >= 0.3 is 0 Å². The van der Waals surface area contributed by atoms with Crippen LogP contribution < -0.4 is 0 Å². The molecule has 1 amide bonds. The number of amides is 1. The molecule has 21 heavy (non-hydrogen) atoms. The number of hydrogen-bond acceptors (Lipinski definition) is 4. The lowest BCUT2D eigenvalue weighted by Crippen LogP contribution is -2.42. The van der Waals surface area contributed by atoms with E-state index in [1.54, 1.807) is 17.0 Å². The van der Waals surface area contributed by atoms with Crippen molar-refractivity contribution >= 4 is 17.5 Å². The molecule has 108 valence electrons. The fourth-order valence-electron chi connectivity index (χ4n) is 2.30. The van der Waals surface area contributed by atoms with E-state index in [-0.39, 0.29) is 17.2 Å². The molecule has 0 N–H and O–H groups in total. The Kier molecular flexibility index (Phi) is 4.13. The second-order valence-electron chi connectivity index (χ2n) is 4.76. The summed E-state index contributed by atoms with van der Waals surface area (Å²) in [6, 6.07) is 13.0. The lowest BCUT2D eigenvalue weighted by molar-refractivity contribution is -0.0230. The number of nitrogens with zero attached hydrogens (tertiary/aromatic N) is 3. The first kappa shape index (κ1) is 14.0. The third kappa shape index (κ3) is 3.20. The Hall–Kier alpha value is -1.98. The molecule has 2 aromatic rings. The maximum atomic E-state index is 12.4. The van der Waals surface area contributed by atoms with Gasteiger partial charge in [0.2, 0.25) is 0 Å². The fraction of sp³-hybridized carbons (Fsp3) is 0.267. The molecule has 1 unspecified atom stereocenters. The maximum absolute atomic E-state index is 12.4. The molecule has 1 aromatic heterocycles. The predicted octanol–water partition coefficient (Wildman–Crippen LogP) is 2.34. The Morgan fingerprint density at radius 3 is 2.71 bits per heavy atom. The number of ether oxygens (including phenoxy) is 1. The average Bonchev–Trinajstić information content (AvgIpc) is 2.56. The molecular formula is C15H14ClN3O2. The molecule has 3 rings (SSSR count). The van der Waals surface area contributed by atoms with E-state index >= 15 is 0 Å². The molecule has 5 nitrogen and oxygen atoms in total. The van der Waals surface area contributed by atoms with Crippen molar-refractivity contribution in [2.24, 2.45) is 0 Å². The summed E-state index contributed by atoms with van der Waals surface area (Å²) in [5.74, 6) is -0.150. The Labute approximate surface area is 127 Å². The Balaban J connectivity index is 1.74. The van der Waals surface area contributed by atoms with Crippen LogP contribution in [0.4, 0.5) is 0 Å². The van der Waals surface area contributed by atoms with Crippen molar-refractivity contribution in [1.29, 1.82) is 0 Å². The zero-order valence-electron chi connectivity index (χ0n) is 11.3. The summed E-state index contributed by atoms with van der Waals surface area (Å²) >= 11 is 5.69. The smallest absolute Gasteiger partial charge is 0.274 e. The Morgan fingerprint density at radius 1 is 1.19 bits per heavy atom. The van der Waals surface area contributed by atoms with Gasteiger partial charge in [-0.3, -0.25) is 4.79 Å². The first-order valence-corrected chi connectivity index (χ1v) is 7.07. The second-order valence-corrected chi connectivity index (χ2v) is 5.15. The first-order valence-electron chi connectivity index (χ1n) is 6.69. The number of aromatic nitrogens is 2. The molecule has 1 atom stereocenters. The van der Waals surface area contributed by atoms with Crippen LogP contribution in [0.2, 0.25) is 5.15 Å². The van der Waals surface area contributed by atoms with E-state index < -0.39 is 0 Å². The van der Waals surface area contributed by atoms with Gasteiger partial charge in [0.25, 0.3) is 5.91 Å². The largest absolute Gasteiger partial charge is 0.370 e. The minimum absolute atomic E-state index is 0.107. The number of morpholine rings is 1. The van der Waals surface area contributed by atoms with Gasteiger partial charge in [0.15, 0.2) is 10.8 Å². The number of hydrogen-bond donors (Lipinski definition) is 0. The third-order valence-corrected chi connectivity index (χ3v) is 3.58. The number of halogens is 1. The summed E-state index contributed by atoms with van der Waals surface area (Å²) in [5.41, 5.74) is 1.37. The van der Waals surface area contributed by atoms with Crippen LogP contribution in [0, 0.1) is 0 Å². The summed E-state index contributed by atoms with van der Waals surface area (Å²) in [6.45, 7) is 1.56. The molecule has 2 heterocycles. The van der Waals surface area contributed by atoms with Gasteiger partial charge in [0.1, 0.15) is 6.10 Å². The van der Waals surface area contributed by atoms with Crippen LogP contribution in [0.5, 0.6) is 0 Å². The van der Waals surface area contributed by atoms with Crippen LogP contribution in [0.25, 0.3) is 0 Å². The molecule has 0 radical (unpaired) electrons. The van der Waals surface area contributed by atoms with Crippen molar-refractivity contribution in [3.63, 3.8) is 0 Å². The van der Waals surface area contributed by atoms with Gasteiger partial charge in [-0.25, -0.2) is 0 Å². The topological polar surface area (TPSA) is 55.3 Å². The highest BCUT2D eigenvalue weighted by Gasteiger charge is 2.26. The fourth-order valence-corrected chi connectivity index (χ4v) is 2.40. The second kappa shape index (κ2) is 6.20. The summed E-state index contributed by atoms with van der Waals surface area (Å²) in [4.78, 5) is 14.1. The van der Waals surface area contributed by atoms with Crippen molar-refractivity contribution in [3.05, 3.63) is 58.9 Å². The number of rotatable bonds is 2. The highest BCUT2D eigenvalue weighted by molar-refractivity contribution is 6.29. The van der Waals surface area contributed by atoms with E-state index in [0.29, 0.717) is 25.4 Å². The van der Waals surface area contributed by atoms with Gasteiger partial charge in [-0.2, -0.15) is 0 Å². The number of benzene rings is 1. The predicted molar refractivity (Wildman–Crippen MR) is 78.1 cm³/mol. The van der Waals surface area contributed by atoms with E-state index in [1.807, 2.05) is 30.3 Å². The van der Waals surface area contributed by atoms with E-state index in [4.69, 9.17) is 16.3 Å². The Bertz CT molecular complexity index is 619. The molecule has 1 saturated heterocycles. The minimum Gasteiger partial charge on any atom is -0.370 e. The molecule has 0 spiro atoms. The van der Waals surface area contributed by atoms with Gasteiger partial charge in [-0.05, 0) is 17.7 Å². The molecule has 1 aliphatic rings. The van der Waals surface area contributed by atoms with Crippen molar-refractivity contribution in [3.8, 4) is 0 Å². The molecule has 0 bridgehead atoms. The van der Waals surface area contributed by atoms with Crippen molar-refractivity contribution in [1.82, 2.24) is 15.1 Å². The van der Waals surface area contributed by atoms with Gasteiger partial charge in [-0.15, -0.1) is 10.2 Å².